The molecule has 0 spiro atoms. The monoisotopic (exact) mass is 340 g/mol. The minimum atomic E-state index is -0.312. The molecule has 6 nitrogen and oxygen atoms in total. The molecule has 2 amide bonds. The number of carbonyl (C=O) groups excluding carboxylic acids is 3. The van der Waals surface area contributed by atoms with E-state index in [4.69, 9.17) is 0 Å². The van der Waals surface area contributed by atoms with E-state index >= 15 is 0 Å². The van der Waals surface area contributed by atoms with Crippen molar-refractivity contribution in [2.45, 2.75) is 6.42 Å². The van der Waals surface area contributed by atoms with Crippen LogP contribution in [0.25, 0.3) is 10.8 Å². The van der Waals surface area contributed by atoms with Crippen molar-refractivity contribution in [2.24, 2.45) is 0 Å². The number of carbonyl (C=O) groups is 3. The second kappa shape index (κ2) is 7.03. The zero-order valence-electron chi connectivity index (χ0n) is 14.3. The van der Waals surface area contributed by atoms with Gasteiger partial charge in [0.25, 0.3) is 11.8 Å². The first-order chi connectivity index (χ1) is 12.0. The van der Waals surface area contributed by atoms with E-state index in [9.17, 15) is 14.4 Å². The quantitative estimate of drug-likeness (QED) is 0.594. The summed E-state index contributed by atoms with van der Waals surface area (Å²) in [4.78, 5) is 39.8. The Morgan fingerprint density at radius 1 is 1.08 bits per heavy atom. The topological polar surface area (TPSA) is 66.9 Å². The second-order valence-electron chi connectivity index (χ2n) is 6.14. The zero-order chi connectivity index (χ0) is 18.0. The van der Waals surface area contributed by atoms with Crippen LogP contribution in [0.4, 0.5) is 0 Å². The number of hydrogen-bond donors (Lipinski definition) is 0. The predicted molar refractivity (Wildman–Crippen MR) is 93.4 cm³/mol. The van der Waals surface area contributed by atoms with Gasteiger partial charge in [0.15, 0.2) is 0 Å². The highest BCUT2D eigenvalue weighted by Crippen LogP contribution is 2.29. The van der Waals surface area contributed by atoms with Crippen molar-refractivity contribution in [3.8, 4) is 0 Å². The van der Waals surface area contributed by atoms with E-state index in [2.05, 4.69) is 4.74 Å². The van der Waals surface area contributed by atoms with E-state index in [1.54, 1.807) is 24.1 Å². The first-order valence-corrected chi connectivity index (χ1v) is 8.16. The average Bonchev–Trinajstić information content (AvgIpc) is 2.62. The molecule has 6 heteroatoms. The van der Waals surface area contributed by atoms with Crippen molar-refractivity contribution in [1.29, 1.82) is 0 Å². The SMILES string of the molecule is COC(=O)CN(C)CCCN1C(=O)c2cccc3cccc(c23)C1=O. The van der Waals surface area contributed by atoms with Crippen molar-refractivity contribution in [1.82, 2.24) is 9.80 Å². The van der Waals surface area contributed by atoms with Crippen LogP contribution in [0.2, 0.25) is 0 Å². The Morgan fingerprint density at radius 3 is 2.24 bits per heavy atom. The summed E-state index contributed by atoms with van der Waals surface area (Å²) in [7, 11) is 3.14. The summed E-state index contributed by atoms with van der Waals surface area (Å²) in [5.41, 5.74) is 1.13. The molecular formula is C19H20N2O4. The Morgan fingerprint density at radius 2 is 1.68 bits per heavy atom. The molecule has 0 bridgehead atoms. The van der Waals surface area contributed by atoms with Gasteiger partial charge in [-0.15, -0.1) is 0 Å². The minimum absolute atomic E-state index is 0.181. The number of nitrogens with zero attached hydrogens (tertiary/aromatic N) is 2. The third-order valence-corrected chi connectivity index (χ3v) is 4.40. The fourth-order valence-corrected chi connectivity index (χ4v) is 3.15. The fraction of sp³-hybridized carbons (Fsp3) is 0.316. The molecular weight excluding hydrogens is 320 g/mol. The van der Waals surface area contributed by atoms with Crippen molar-refractivity contribution in [3.63, 3.8) is 0 Å². The number of imide groups is 1. The lowest BCUT2D eigenvalue weighted by atomic mass is 9.94. The summed E-state index contributed by atoms with van der Waals surface area (Å²) >= 11 is 0. The van der Waals surface area contributed by atoms with Crippen molar-refractivity contribution in [3.05, 3.63) is 47.5 Å². The lowest BCUT2D eigenvalue weighted by Crippen LogP contribution is -2.41. The number of amides is 2. The van der Waals surface area contributed by atoms with Gasteiger partial charge in [-0.25, -0.2) is 0 Å². The van der Waals surface area contributed by atoms with Gasteiger partial charge >= 0.3 is 5.97 Å². The molecule has 25 heavy (non-hydrogen) atoms. The maximum atomic E-state index is 12.7. The van der Waals surface area contributed by atoms with E-state index in [1.165, 1.54) is 12.0 Å². The Labute approximate surface area is 146 Å². The Bertz CT molecular complexity index is 796. The van der Waals surface area contributed by atoms with Crippen LogP contribution in [0.3, 0.4) is 0 Å². The third-order valence-electron chi connectivity index (χ3n) is 4.40. The first kappa shape index (κ1) is 17.1. The molecule has 0 aliphatic carbocycles. The number of hydrogen-bond acceptors (Lipinski definition) is 5. The van der Waals surface area contributed by atoms with Crippen LogP contribution in [0, 0.1) is 0 Å². The maximum Gasteiger partial charge on any atom is 0.319 e. The molecule has 0 unspecified atom stereocenters. The molecule has 2 aromatic rings. The highest BCUT2D eigenvalue weighted by Gasteiger charge is 2.32. The maximum absolute atomic E-state index is 12.7. The predicted octanol–water partition coefficient (Wildman–Crippen LogP) is 1.93. The normalized spacial score (nSPS) is 13.6. The van der Waals surface area contributed by atoms with Crippen LogP contribution in [0.5, 0.6) is 0 Å². The summed E-state index contributed by atoms with van der Waals surface area (Å²) < 4.78 is 4.62. The van der Waals surface area contributed by atoms with Gasteiger partial charge < -0.3 is 4.74 Å². The van der Waals surface area contributed by atoms with E-state index < -0.39 is 0 Å². The second-order valence-corrected chi connectivity index (χ2v) is 6.14. The number of methoxy groups -OCH3 is 1. The molecule has 0 N–H and O–H groups in total. The van der Waals surface area contributed by atoms with Gasteiger partial charge in [0.1, 0.15) is 0 Å². The van der Waals surface area contributed by atoms with Crippen LogP contribution in [0.15, 0.2) is 36.4 Å². The molecule has 1 aliphatic rings. The summed E-state index contributed by atoms with van der Waals surface area (Å²) in [6.07, 6.45) is 0.586. The minimum Gasteiger partial charge on any atom is -0.468 e. The van der Waals surface area contributed by atoms with Crippen molar-refractivity contribution in [2.75, 3.05) is 33.8 Å². The smallest absolute Gasteiger partial charge is 0.319 e. The lowest BCUT2D eigenvalue weighted by molar-refractivity contribution is -0.141. The van der Waals surface area contributed by atoms with Crippen LogP contribution >= 0.6 is 0 Å². The van der Waals surface area contributed by atoms with E-state index in [1.807, 2.05) is 24.3 Å². The highest BCUT2D eigenvalue weighted by atomic mass is 16.5. The van der Waals surface area contributed by atoms with Crippen LogP contribution < -0.4 is 0 Å². The van der Waals surface area contributed by atoms with E-state index in [0.29, 0.717) is 30.6 Å². The number of rotatable bonds is 6. The molecule has 1 aliphatic heterocycles. The Kier molecular flexibility index (Phi) is 4.81. The van der Waals surface area contributed by atoms with Gasteiger partial charge in [0, 0.05) is 29.6 Å². The molecule has 0 radical (unpaired) electrons. The number of esters is 1. The largest absolute Gasteiger partial charge is 0.468 e. The van der Waals surface area contributed by atoms with Gasteiger partial charge in [0.2, 0.25) is 0 Å². The van der Waals surface area contributed by atoms with Crippen molar-refractivity contribution < 1.29 is 19.1 Å². The average molecular weight is 340 g/mol. The summed E-state index contributed by atoms with van der Waals surface area (Å²) in [6, 6.07) is 11.0. The van der Waals surface area contributed by atoms with Gasteiger partial charge in [-0.3, -0.25) is 24.2 Å². The molecule has 0 fully saturated rings. The molecule has 0 saturated carbocycles. The summed E-state index contributed by atoms with van der Waals surface area (Å²) in [5.74, 6) is -0.830. The molecule has 0 atom stereocenters. The van der Waals surface area contributed by atoms with Gasteiger partial charge in [0.05, 0.1) is 13.7 Å². The van der Waals surface area contributed by atoms with Crippen LogP contribution in [0.1, 0.15) is 27.1 Å². The Hall–Kier alpha value is -2.73. The number of benzene rings is 2. The highest BCUT2D eigenvalue weighted by molar-refractivity contribution is 6.25. The number of ether oxygens (including phenoxy) is 1. The molecule has 3 rings (SSSR count). The van der Waals surface area contributed by atoms with E-state index in [-0.39, 0.29) is 24.3 Å². The molecule has 0 aromatic heterocycles. The molecule has 2 aromatic carbocycles. The summed E-state index contributed by atoms with van der Waals surface area (Å²) in [6.45, 7) is 1.08. The Balaban J connectivity index is 1.73. The van der Waals surface area contributed by atoms with Gasteiger partial charge in [-0.1, -0.05) is 24.3 Å². The summed E-state index contributed by atoms with van der Waals surface area (Å²) in [5, 5.41) is 1.63. The molecule has 130 valence electrons. The van der Waals surface area contributed by atoms with E-state index in [0.717, 1.165) is 10.8 Å². The molecule has 0 saturated heterocycles. The molecule has 1 heterocycles. The van der Waals surface area contributed by atoms with Crippen LogP contribution in [-0.2, 0) is 9.53 Å². The lowest BCUT2D eigenvalue weighted by Gasteiger charge is -2.27. The zero-order valence-corrected chi connectivity index (χ0v) is 14.3. The van der Waals surface area contributed by atoms with Gasteiger partial charge in [-0.05, 0) is 31.0 Å². The number of likely N-dealkylation sites (N-methyl/N-ethyl adjacent to an activating group) is 1. The third kappa shape index (κ3) is 3.25. The standard InChI is InChI=1S/C19H20N2O4/c1-20(12-16(22)25-2)10-5-11-21-18(23)14-8-3-6-13-7-4-9-15(17(13)14)19(21)24/h3-4,6-9H,5,10-12H2,1-2H3. The first-order valence-electron chi connectivity index (χ1n) is 8.16. The van der Waals surface area contributed by atoms with Crippen LogP contribution in [-0.4, -0.2) is 61.4 Å². The van der Waals surface area contributed by atoms with Crippen molar-refractivity contribution >= 4 is 28.6 Å². The van der Waals surface area contributed by atoms with Gasteiger partial charge in [-0.2, -0.15) is 0 Å². The fourth-order valence-electron chi connectivity index (χ4n) is 3.15.